The Morgan fingerprint density at radius 1 is 0.889 bits per heavy atom. The van der Waals surface area contributed by atoms with E-state index in [4.69, 9.17) is 15.3 Å². The number of benzene rings is 2. The second kappa shape index (κ2) is 5.52. The van der Waals surface area contributed by atoms with Crippen LogP contribution >= 0.6 is 0 Å². The van der Waals surface area contributed by atoms with Gasteiger partial charge in [0.15, 0.2) is 0 Å². The Bertz CT molecular complexity index is 621. The highest BCUT2D eigenvalue weighted by Gasteiger charge is 2.08. The van der Waals surface area contributed by atoms with E-state index in [1.165, 1.54) is 0 Å². The first kappa shape index (κ1) is 11.7. The minimum Gasteiger partial charge on any atom is -0.487 e. The Labute approximate surface area is 105 Å². The van der Waals surface area contributed by atoms with Gasteiger partial charge >= 0.3 is 0 Å². The normalized spacial score (nSPS) is 9.22. The van der Waals surface area contributed by atoms with Crippen molar-refractivity contribution in [1.29, 1.82) is 10.5 Å². The molecule has 3 heteroatoms. The number of nitriles is 2. The zero-order valence-corrected chi connectivity index (χ0v) is 9.63. The molecule has 0 aromatic heterocycles. The van der Waals surface area contributed by atoms with Crippen molar-refractivity contribution in [3.8, 4) is 17.9 Å². The molecule has 18 heavy (non-hydrogen) atoms. The van der Waals surface area contributed by atoms with Crippen molar-refractivity contribution in [1.82, 2.24) is 0 Å². The summed E-state index contributed by atoms with van der Waals surface area (Å²) in [5.41, 5.74) is 1.64. The standard InChI is InChI=1S/C15H10N2O/c16-9-13-7-4-8-15(14(13)10-17)18-11-12-5-2-1-3-6-12/h1-8H,11H2. The summed E-state index contributed by atoms with van der Waals surface area (Å²) in [6, 6.07) is 18.7. The van der Waals surface area contributed by atoms with E-state index in [-0.39, 0.29) is 5.56 Å². The van der Waals surface area contributed by atoms with Crippen LogP contribution in [0.4, 0.5) is 0 Å². The second-order valence-corrected chi connectivity index (χ2v) is 3.68. The molecule has 0 aliphatic heterocycles. The number of hydrogen-bond acceptors (Lipinski definition) is 3. The van der Waals surface area contributed by atoms with Crippen LogP contribution in [0.1, 0.15) is 16.7 Å². The van der Waals surface area contributed by atoms with Crippen LogP contribution in [0.5, 0.6) is 5.75 Å². The van der Waals surface area contributed by atoms with E-state index in [0.717, 1.165) is 5.56 Å². The Hall–Kier alpha value is -2.78. The van der Waals surface area contributed by atoms with E-state index < -0.39 is 0 Å². The van der Waals surface area contributed by atoms with Crippen LogP contribution < -0.4 is 4.74 Å². The minimum atomic E-state index is 0.288. The van der Waals surface area contributed by atoms with Crippen molar-refractivity contribution >= 4 is 0 Å². The molecular formula is C15H10N2O. The summed E-state index contributed by atoms with van der Waals surface area (Å²) < 4.78 is 5.58. The average Bonchev–Trinajstić information content (AvgIpc) is 2.45. The Kier molecular flexibility index (Phi) is 3.59. The first-order valence-corrected chi connectivity index (χ1v) is 5.45. The summed E-state index contributed by atoms with van der Waals surface area (Å²) >= 11 is 0. The molecule has 2 rings (SSSR count). The van der Waals surface area contributed by atoms with E-state index in [1.807, 2.05) is 42.5 Å². The quantitative estimate of drug-likeness (QED) is 0.820. The number of hydrogen-bond donors (Lipinski definition) is 0. The molecule has 0 heterocycles. The van der Waals surface area contributed by atoms with E-state index in [9.17, 15) is 0 Å². The maximum atomic E-state index is 9.05. The van der Waals surface area contributed by atoms with Gasteiger partial charge in [-0.1, -0.05) is 36.4 Å². The average molecular weight is 234 g/mol. The number of rotatable bonds is 3. The largest absolute Gasteiger partial charge is 0.487 e. The summed E-state index contributed by atoms with van der Waals surface area (Å²) in [7, 11) is 0. The zero-order chi connectivity index (χ0) is 12.8. The molecule has 0 radical (unpaired) electrons. The lowest BCUT2D eigenvalue weighted by Crippen LogP contribution is -1.98. The maximum Gasteiger partial charge on any atom is 0.138 e. The molecule has 0 fully saturated rings. The molecule has 0 bridgehead atoms. The third-order valence-corrected chi connectivity index (χ3v) is 2.50. The first-order chi connectivity index (χ1) is 8.85. The second-order valence-electron chi connectivity index (χ2n) is 3.68. The summed E-state index contributed by atoms with van der Waals surface area (Å²) in [5, 5.41) is 17.9. The number of ether oxygens (including phenoxy) is 1. The predicted molar refractivity (Wildman–Crippen MR) is 66.6 cm³/mol. The van der Waals surface area contributed by atoms with Crippen molar-refractivity contribution in [3.05, 3.63) is 65.2 Å². The highest BCUT2D eigenvalue weighted by atomic mass is 16.5. The third-order valence-electron chi connectivity index (χ3n) is 2.50. The Morgan fingerprint density at radius 2 is 1.67 bits per heavy atom. The van der Waals surface area contributed by atoms with E-state index in [1.54, 1.807) is 18.2 Å². The summed E-state index contributed by atoms with van der Waals surface area (Å²) in [6.45, 7) is 0.379. The van der Waals surface area contributed by atoms with Crippen LogP contribution in [0.15, 0.2) is 48.5 Å². The van der Waals surface area contributed by atoms with Gasteiger partial charge in [-0.15, -0.1) is 0 Å². The van der Waals surface area contributed by atoms with Gasteiger partial charge in [-0.05, 0) is 17.7 Å². The summed E-state index contributed by atoms with van der Waals surface area (Å²) in [4.78, 5) is 0. The molecule has 0 N–H and O–H groups in total. The fourth-order valence-electron chi connectivity index (χ4n) is 1.60. The molecule has 86 valence electrons. The molecule has 0 aliphatic rings. The van der Waals surface area contributed by atoms with Gasteiger partial charge in [0.25, 0.3) is 0 Å². The van der Waals surface area contributed by atoms with Crippen molar-refractivity contribution in [2.24, 2.45) is 0 Å². The lowest BCUT2D eigenvalue weighted by atomic mass is 10.1. The molecule has 0 unspecified atom stereocenters. The molecule has 2 aromatic carbocycles. The smallest absolute Gasteiger partial charge is 0.138 e. The van der Waals surface area contributed by atoms with Crippen LogP contribution in [-0.4, -0.2) is 0 Å². The van der Waals surface area contributed by atoms with Gasteiger partial charge in [-0.2, -0.15) is 10.5 Å². The molecule has 0 saturated carbocycles. The highest BCUT2D eigenvalue weighted by molar-refractivity contribution is 5.53. The fourth-order valence-corrected chi connectivity index (χ4v) is 1.60. The van der Waals surface area contributed by atoms with Gasteiger partial charge in [0.2, 0.25) is 0 Å². The highest BCUT2D eigenvalue weighted by Crippen LogP contribution is 2.22. The molecule has 3 nitrogen and oxygen atoms in total. The first-order valence-electron chi connectivity index (χ1n) is 5.45. The lowest BCUT2D eigenvalue weighted by Gasteiger charge is -2.08. The molecule has 0 amide bonds. The van der Waals surface area contributed by atoms with E-state index in [0.29, 0.717) is 17.9 Å². The van der Waals surface area contributed by atoms with E-state index >= 15 is 0 Å². The van der Waals surface area contributed by atoms with Crippen molar-refractivity contribution in [2.45, 2.75) is 6.61 Å². The van der Waals surface area contributed by atoms with Gasteiger partial charge in [0.05, 0.1) is 5.56 Å². The van der Waals surface area contributed by atoms with Crippen LogP contribution in [0.25, 0.3) is 0 Å². The minimum absolute atomic E-state index is 0.288. The van der Waals surface area contributed by atoms with Crippen molar-refractivity contribution < 1.29 is 4.74 Å². The van der Waals surface area contributed by atoms with Crippen molar-refractivity contribution in [2.75, 3.05) is 0 Å². The molecule has 0 spiro atoms. The SMILES string of the molecule is N#Cc1cccc(OCc2ccccc2)c1C#N. The lowest BCUT2D eigenvalue weighted by molar-refractivity contribution is 0.305. The summed E-state index contributed by atoms with van der Waals surface area (Å²) in [5.74, 6) is 0.445. The third kappa shape index (κ3) is 2.48. The molecule has 2 aromatic rings. The predicted octanol–water partition coefficient (Wildman–Crippen LogP) is 3.01. The zero-order valence-electron chi connectivity index (χ0n) is 9.63. The number of nitrogens with zero attached hydrogens (tertiary/aromatic N) is 2. The van der Waals surface area contributed by atoms with Gasteiger partial charge < -0.3 is 4.74 Å². The molecule has 0 saturated heterocycles. The van der Waals surface area contributed by atoms with Crippen LogP contribution in [0.2, 0.25) is 0 Å². The van der Waals surface area contributed by atoms with Crippen LogP contribution in [0.3, 0.4) is 0 Å². The topological polar surface area (TPSA) is 56.8 Å². The van der Waals surface area contributed by atoms with Crippen molar-refractivity contribution in [3.63, 3.8) is 0 Å². The maximum absolute atomic E-state index is 9.05. The van der Waals surface area contributed by atoms with Crippen LogP contribution in [-0.2, 0) is 6.61 Å². The fraction of sp³-hybridized carbons (Fsp3) is 0.0667. The molecule has 0 atom stereocenters. The monoisotopic (exact) mass is 234 g/mol. The van der Waals surface area contributed by atoms with Crippen LogP contribution in [0, 0.1) is 22.7 Å². The van der Waals surface area contributed by atoms with E-state index in [2.05, 4.69) is 0 Å². The molecular weight excluding hydrogens is 224 g/mol. The van der Waals surface area contributed by atoms with Gasteiger partial charge in [-0.25, -0.2) is 0 Å². The molecule has 0 aliphatic carbocycles. The Morgan fingerprint density at radius 3 is 2.33 bits per heavy atom. The van der Waals surface area contributed by atoms with Gasteiger partial charge in [-0.3, -0.25) is 0 Å². The van der Waals surface area contributed by atoms with Gasteiger partial charge in [0, 0.05) is 0 Å². The van der Waals surface area contributed by atoms with Gasteiger partial charge in [0.1, 0.15) is 30.1 Å². The summed E-state index contributed by atoms with van der Waals surface area (Å²) in [6.07, 6.45) is 0. The Balaban J connectivity index is 2.21.